The molecule has 0 aliphatic heterocycles. The Morgan fingerprint density at radius 3 is 2.82 bits per heavy atom. The Balaban J connectivity index is 1.61. The molecule has 0 aliphatic rings. The molecule has 0 unspecified atom stereocenters. The third-order valence-electron chi connectivity index (χ3n) is 3.30. The van der Waals surface area contributed by atoms with Crippen molar-refractivity contribution in [1.29, 1.82) is 0 Å². The highest BCUT2D eigenvalue weighted by molar-refractivity contribution is 7.98. The van der Waals surface area contributed by atoms with Crippen LogP contribution >= 0.6 is 11.8 Å². The molecule has 0 aliphatic carbocycles. The van der Waals surface area contributed by atoms with Crippen LogP contribution in [0.3, 0.4) is 0 Å². The molecule has 0 amide bonds. The number of ether oxygens (including phenoxy) is 2. The van der Waals surface area contributed by atoms with E-state index >= 15 is 0 Å². The lowest BCUT2D eigenvalue weighted by Crippen LogP contribution is -2.04. The van der Waals surface area contributed by atoms with Crippen LogP contribution in [0.25, 0.3) is 0 Å². The summed E-state index contributed by atoms with van der Waals surface area (Å²) in [4.78, 5) is 11.4. The van der Waals surface area contributed by atoms with E-state index < -0.39 is 12.6 Å². The van der Waals surface area contributed by atoms with Gasteiger partial charge in [0.2, 0.25) is 5.16 Å². The lowest BCUT2D eigenvalue weighted by molar-refractivity contribution is -0.0498. The number of hydrogen-bond donors (Lipinski definition) is 0. The summed E-state index contributed by atoms with van der Waals surface area (Å²) in [5.41, 5.74) is 0.892. The molecule has 0 atom stereocenters. The molecule has 0 spiro atoms. The third kappa shape index (κ3) is 5.13. The van der Waals surface area contributed by atoms with E-state index in [1.807, 2.05) is 0 Å². The minimum absolute atomic E-state index is 0.0678. The van der Waals surface area contributed by atoms with Crippen LogP contribution in [0.5, 0.6) is 5.75 Å². The summed E-state index contributed by atoms with van der Waals surface area (Å²) in [5.74, 6) is -0.0649. The van der Waals surface area contributed by atoms with Crippen molar-refractivity contribution in [3.63, 3.8) is 0 Å². The number of thioether (sulfide) groups is 1. The molecule has 0 fully saturated rings. The number of carbonyl (C=O) groups is 1. The van der Waals surface area contributed by atoms with Crippen LogP contribution in [0.2, 0.25) is 0 Å². The van der Waals surface area contributed by atoms with Gasteiger partial charge in [-0.2, -0.15) is 23.7 Å². The van der Waals surface area contributed by atoms with Gasteiger partial charge in [0.05, 0.1) is 19.2 Å². The summed E-state index contributed by atoms with van der Waals surface area (Å²) in [6.45, 7) is -2.87. The van der Waals surface area contributed by atoms with Gasteiger partial charge in [-0.15, -0.1) is 10.2 Å². The van der Waals surface area contributed by atoms with Crippen LogP contribution in [-0.4, -0.2) is 50.6 Å². The Morgan fingerprint density at radius 2 is 2.11 bits per heavy atom. The highest BCUT2D eigenvalue weighted by Gasteiger charge is 2.10. The zero-order valence-electron chi connectivity index (χ0n) is 14.5. The first-order valence-corrected chi connectivity index (χ1v) is 8.77. The van der Waals surface area contributed by atoms with E-state index in [2.05, 4.69) is 29.9 Å². The first-order chi connectivity index (χ1) is 13.5. The summed E-state index contributed by atoms with van der Waals surface area (Å²) in [7, 11) is 1.29. The highest BCUT2D eigenvalue weighted by atomic mass is 32.2. The predicted molar refractivity (Wildman–Crippen MR) is 95.5 cm³/mol. The smallest absolute Gasteiger partial charge is 0.387 e. The molecule has 9 nitrogen and oxygen atoms in total. The van der Waals surface area contributed by atoms with Crippen LogP contribution in [0.4, 0.5) is 8.78 Å². The van der Waals surface area contributed by atoms with Gasteiger partial charge in [-0.3, -0.25) is 4.68 Å². The van der Waals surface area contributed by atoms with Crippen molar-refractivity contribution in [2.45, 2.75) is 17.6 Å². The Bertz CT molecular complexity index is 957. The topological polar surface area (TPSA) is 96.4 Å². The van der Waals surface area contributed by atoms with E-state index in [4.69, 9.17) is 0 Å². The van der Waals surface area contributed by atoms with Gasteiger partial charge in [0.1, 0.15) is 12.1 Å². The molecule has 1 aromatic carbocycles. The van der Waals surface area contributed by atoms with E-state index in [-0.39, 0.29) is 11.4 Å². The molecule has 3 aromatic rings. The molecule has 12 heteroatoms. The molecule has 146 valence electrons. The molecule has 0 N–H and O–H groups in total. The van der Waals surface area contributed by atoms with Gasteiger partial charge in [-0.1, -0.05) is 11.8 Å². The molecule has 0 saturated carbocycles. The zero-order valence-corrected chi connectivity index (χ0v) is 15.3. The van der Waals surface area contributed by atoms with E-state index in [0.29, 0.717) is 16.6 Å². The molecule has 2 heterocycles. The van der Waals surface area contributed by atoms with Gasteiger partial charge in [-0.25, -0.2) is 4.79 Å². The van der Waals surface area contributed by atoms with Gasteiger partial charge in [-0.05, 0) is 35.9 Å². The lowest BCUT2D eigenvalue weighted by atomic mass is 10.2. The van der Waals surface area contributed by atoms with Crippen LogP contribution in [0, 0.1) is 0 Å². The average molecular weight is 408 g/mol. The Kier molecular flexibility index (Phi) is 6.32. The lowest BCUT2D eigenvalue weighted by Gasteiger charge is -2.04. The van der Waals surface area contributed by atoms with Crippen molar-refractivity contribution in [3.05, 3.63) is 54.1 Å². The Hall–Kier alpha value is -3.28. The van der Waals surface area contributed by atoms with Crippen molar-refractivity contribution < 1.29 is 23.0 Å². The summed E-state index contributed by atoms with van der Waals surface area (Å²) < 4.78 is 36.2. The fourth-order valence-corrected chi connectivity index (χ4v) is 2.75. The second kappa shape index (κ2) is 9.08. The second-order valence-corrected chi connectivity index (χ2v) is 6.07. The predicted octanol–water partition coefficient (Wildman–Crippen LogP) is 2.49. The van der Waals surface area contributed by atoms with Gasteiger partial charge in [0.15, 0.2) is 5.69 Å². The minimum Gasteiger partial charge on any atom is -0.464 e. The number of benzene rings is 1. The van der Waals surface area contributed by atoms with Crippen molar-refractivity contribution in [2.75, 3.05) is 7.11 Å². The fraction of sp³-hybridized carbons (Fsp3) is 0.188. The maximum Gasteiger partial charge on any atom is 0.387 e. The van der Waals surface area contributed by atoms with E-state index in [0.717, 1.165) is 0 Å². The van der Waals surface area contributed by atoms with Gasteiger partial charge < -0.3 is 9.47 Å². The minimum atomic E-state index is -2.87. The number of esters is 1. The van der Waals surface area contributed by atoms with Crippen molar-refractivity contribution in [2.24, 2.45) is 5.10 Å². The monoisotopic (exact) mass is 408 g/mol. The number of rotatable bonds is 8. The summed E-state index contributed by atoms with van der Waals surface area (Å²) >= 11 is 1.30. The molecule has 28 heavy (non-hydrogen) atoms. The number of halogens is 2. The molecular formula is C16H14F2N6O3S. The summed E-state index contributed by atoms with van der Waals surface area (Å²) in [6.07, 6.45) is 4.60. The number of aromatic nitrogens is 5. The maximum absolute atomic E-state index is 12.2. The third-order valence-corrected chi connectivity index (χ3v) is 4.22. The SMILES string of the molecule is COC(=O)c1ccn(CSc2nncn2/N=C/c2ccc(OC(F)F)cc2)n1. The van der Waals surface area contributed by atoms with Gasteiger partial charge in [0, 0.05) is 6.20 Å². The first kappa shape index (κ1) is 19.5. The summed E-state index contributed by atoms with van der Waals surface area (Å²) in [6, 6.07) is 7.58. The number of nitrogens with zero attached hydrogens (tertiary/aromatic N) is 6. The molecule has 2 aromatic heterocycles. The standard InChI is InChI=1S/C16H14F2N6O3S/c1-26-14(25)13-6-7-23(22-13)10-28-16-21-19-9-24(16)20-8-11-2-4-12(5-3-11)27-15(17)18/h2-9,15H,10H2,1H3/b20-8+. The molecular weight excluding hydrogens is 394 g/mol. The Morgan fingerprint density at radius 1 is 1.32 bits per heavy atom. The van der Waals surface area contributed by atoms with Crippen LogP contribution in [0.15, 0.2) is 53.1 Å². The molecule has 3 rings (SSSR count). The average Bonchev–Trinajstić information content (AvgIpc) is 3.34. The van der Waals surface area contributed by atoms with Crippen molar-refractivity contribution in [3.8, 4) is 5.75 Å². The number of methoxy groups -OCH3 is 1. The van der Waals surface area contributed by atoms with Crippen LogP contribution < -0.4 is 4.74 Å². The van der Waals surface area contributed by atoms with E-state index in [1.165, 1.54) is 48.2 Å². The van der Waals surface area contributed by atoms with Crippen molar-refractivity contribution in [1.82, 2.24) is 24.7 Å². The zero-order chi connectivity index (χ0) is 19.9. The van der Waals surface area contributed by atoms with E-state index in [1.54, 1.807) is 29.1 Å². The number of alkyl halides is 2. The largest absolute Gasteiger partial charge is 0.464 e. The maximum atomic E-state index is 12.2. The van der Waals surface area contributed by atoms with Gasteiger partial charge in [0.25, 0.3) is 0 Å². The van der Waals surface area contributed by atoms with Gasteiger partial charge >= 0.3 is 12.6 Å². The first-order valence-electron chi connectivity index (χ1n) is 7.79. The number of hydrogen-bond acceptors (Lipinski definition) is 8. The molecule has 0 saturated heterocycles. The quantitative estimate of drug-likeness (QED) is 0.321. The Labute approximate surface area is 162 Å². The van der Waals surface area contributed by atoms with E-state index in [9.17, 15) is 13.6 Å². The molecule has 0 bridgehead atoms. The second-order valence-electron chi connectivity index (χ2n) is 5.16. The highest BCUT2D eigenvalue weighted by Crippen LogP contribution is 2.17. The summed E-state index contributed by atoms with van der Waals surface area (Å²) in [5, 5.41) is 16.6. The normalized spacial score (nSPS) is 11.3. The van der Waals surface area contributed by atoms with Crippen LogP contribution in [-0.2, 0) is 10.6 Å². The molecule has 0 radical (unpaired) electrons. The number of carbonyl (C=O) groups excluding carboxylic acids is 1. The fourth-order valence-electron chi connectivity index (χ4n) is 2.03. The van der Waals surface area contributed by atoms with Crippen LogP contribution in [0.1, 0.15) is 16.1 Å². The van der Waals surface area contributed by atoms with Crippen molar-refractivity contribution >= 4 is 23.9 Å².